The molecule has 8 heteroatoms. The predicted octanol–water partition coefficient (Wildman–Crippen LogP) is 3.41. The fourth-order valence-electron chi connectivity index (χ4n) is 2.67. The van der Waals surface area contributed by atoms with Gasteiger partial charge in [0.05, 0.1) is 7.11 Å². The Balaban J connectivity index is 2.19. The summed E-state index contributed by atoms with van der Waals surface area (Å²) in [5.74, 6) is -0.467. The Labute approximate surface area is 158 Å². The van der Waals surface area contributed by atoms with Crippen molar-refractivity contribution in [3.05, 3.63) is 17.3 Å². The number of anilines is 1. The van der Waals surface area contributed by atoms with E-state index in [4.69, 9.17) is 9.47 Å². The molecule has 0 saturated carbocycles. The maximum Gasteiger partial charge on any atom is 0.410 e. The quantitative estimate of drug-likeness (QED) is 0.747. The second-order valence-corrected chi connectivity index (χ2v) is 8.39. The standard InChI is InChI=1S/C18H27N3O4S/c1-11(2)14-19-13(16(22)24-7)15(26-14)20-8-9-21(12(3)10-20)17(23)25-18(4,5)6/h12H,1,8-10H2,2-7H3/t12-/m1/s1. The maximum atomic E-state index is 12.4. The molecule has 0 N–H and O–H groups in total. The van der Waals surface area contributed by atoms with Crippen molar-refractivity contribution in [3.8, 4) is 0 Å². The molecule has 26 heavy (non-hydrogen) atoms. The van der Waals surface area contributed by atoms with Gasteiger partial charge in [0.2, 0.25) is 0 Å². The Morgan fingerprint density at radius 3 is 2.46 bits per heavy atom. The van der Waals surface area contributed by atoms with E-state index >= 15 is 0 Å². The zero-order valence-corrected chi connectivity index (χ0v) is 17.1. The third-order valence-corrected chi connectivity index (χ3v) is 5.17. The molecule has 1 amide bonds. The van der Waals surface area contributed by atoms with Gasteiger partial charge in [-0.25, -0.2) is 14.6 Å². The number of aromatic nitrogens is 1. The van der Waals surface area contributed by atoms with E-state index in [9.17, 15) is 9.59 Å². The summed E-state index contributed by atoms with van der Waals surface area (Å²) in [4.78, 5) is 32.7. The van der Waals surface area contributed by atoms with Gasteiger partial charge in [0.15, 0.2) is 5.69 Å². The Morgan fingerprint density at radius 2 is 1.96 bits per heavy atom. The van der Waals surface area contributed by atoms with Crippen LogP contribution in [0.5, 0.6) is 0 Å². The maximum absolute atomic E-state index is 12.4. The minimum absolute atomic E-state index is 0.0560. The van der Waals surface area contributed by atoms with Crippen molar-refractivity contribution < 1.29 is 19.1 Å². The summed E-state index contributed by atoms with van der Waals surface area (Å²) < 4.78 is 10.3. The zero-order valence-electron chi connectivity index (χ0n) is 16.3. The van der Waals surface area contributed by atoms with Crippen LogP contribution in [-0.2, 0) is 9.47 Å². The molecule has 0 unspecified atom stereocenters. The van der Waals surface area contributed by atoms with Gasteiger partial charge in [-0.1, -0.05) is 17.9 Å². The number of thiazole rings is 1. The molecule has 144 valence electrons. The van der Waals surface area contributed by atoms with Crippen molar-refractivity contribution in [3.63, 3.8) is 0 Å². The Bertz CT molecular complexity index is 708. The lowest BCUT2D eigenvalue weighted by Crippen LogP contribution is -2.55. The number of rotatable bonds is 3. The highest BCUT2D eigenvalue weighted by molar-refractivity contribution is 7.17. The summed E-state index contributed by atoms with van der Waals surface area (Å²) in [6.45, 7) is 15.0. The van der Waals surface area contributed by atoms with E-state index in [-0.39, 0.29) is 12.1 Å². The lowest BCUT2D eigenvalue weighted by atomic mass is 10.2. The molecule has 7 nitrogen and oxygen atoms in total. The number of carbonyl (C=O) groups is 2. The number of methoxy groups -OCH3 is 1. The third-order valence-electron chi connectivity index (χ3n) is 3.90. The summed E-state index contributed by atoms with van der Waals surface area (Å²) in [5.41, 5.74) is 0.570. The molecule has 1 fully saturated rings. The van der Waals surface area contributed by atoms with E-state index in [0.29, 0.717) is 30.3 Å². The van der Waals surface area contributed by atoms with Crippen molar-refractivity contribution in [2.24, 2.45) is 0 Å². The van der Waals surface area contributed by atoms with Gasteiger partial charge in [-0.3, -0.25) is 0 Å². The topological polar surface area (TPSA) is 72.0 Å². The molecule has 0 bridgehead atoms. The molecular formula is C18H27N3O4S. The first kappa shape index (κ1) is 20.2. The van der Waals surface area contributed by atoms with Gasteiger partial charge >= 0.3 is 12.1 Å². The number of esters is 1. The average molecular weight is 381 g/mol. The largest absolute Gasteiger partial charge is 0.464 e. The number of hydrogen-bond acceptors (Lipinski definition) is 7. The lowest BCUT2D eigenvalue weighted by Gasteiger charge is -2.40. The van der Waals surface area contributed by atoms with Gasteiger partial charge in [-0.2, -0.15) is 0 Å². The fourth-order valence-corrected chi connectivity index (χ4v) is 3.69. The third kappa shape index (κ3) is 4.55. The number of hydrogen-bond donors (Lipinski definition) is 0. The van der Waals surface area contributed by atoms with E-state index in [1.54, 1.807) is 4.90 Å². The van der Waals surface area contributed by atoms with Crippen molar-refractivity contribution in [2.45, 2.75) is 46.3 Å². The summed E-state index contributed by atoms with van der Waals surface area (Å²) in [6, 6.07) is -0.0560. The molecular weight excluding hydrogens is 354 g/mol. The van der Waals surface area contributed by atoms with E-state index in [1.165, 1.54) is 18.4 Å². The number of amides is 1. The van der Waals surface area contributed by atoms with Crippen LogP contribution in [0.3, 0.4) is 0 Å². The van der Waals surface area contributed by atoms with Gasteiger partial charge in [0.1, 0.15) is 15.6 Å². The smallest absolute Gasteiger partial charge is 0.410 e. The lowest BCUT2D eigenvalue weighted by molar-refractivity contribution is 0.0158. The van der Waals surface area contributed by atoms with Crippen LogP contribution in [0, 0.1) is 0 Å². The summed E-state index contributed by atoms with van der Waals surface area (Å²) in [5, 5.41) is 1.47. The number of allylic oxidation sites excluding steroid dienone is 1. The second kappa shape index (κ2) is 7.65. The molecule has 1 aromatic rings. The monoisotopic (exact) mass is 381 g/mol. The SMILES string of the molecule is C=C(C)c1nc(C(=O)OC)c(N2CCN(C(=O)OC(C)(C)C)[C@H](C)C2)s1. The molecule has 0 aliphatic carbocycles. The molecule has 0 aromatic carbocycles. The van der Waals surface area contributed by atoms with Crippen LogP contribution in [0.1, 0.15) is 50.1 Å². The highest BCUT2D eigenvalue weighted by Gasteiger charge is 2.33. The first-order valence-corrected chi connectivity index (χ1v) is 9.34. The minimum Gasteiger partial charge on any atom is -0.464 e. The predicted molar refractivity (Wildman–Crippen MR) is 103 cm³/mol. The highest BCUT2D eigenvalue weighted by Crippen LogP contribution is 2.34. The first-order valence-electron chi connectivity index (χ1n) is 8.53. The van der Waals surface area contributed by atoms with Gasteiger partial charge in [0, 0.05) is 25.7 Å². The molecule has 2 heterocycles. The van der Waals surface area contributed by atoms with Crippen LogP contribution >= 0.6 is 11.3 Å². The molecule has 0 radical (unpaired) electrons. The van der Waals surface area contributed by atoms with Crippen molar-refractivity contribution in [1.82, 2.24) is 9.88 Å². The van der Waals surface area contributed by atoms with Crippen molar-refractivity contribution in [2.75, 3.05) is 31.6 Å². The Kier molecular flexibility index (Phi) is 5.95. The van der Waals surface area contributed by atoms with Gasteiger partial charge in [0.25, 0.3) is 0 Å². The summed E-state index contributed by atoms with van der Waals surface area (Å²) in [6.07, 6.45) is -0.315. The summed E-state index contributed by atoms with van der Waals surface area (Å²) >= 11 is 1.42. The molecule has 0 spiro atoms. The fraction of sp³-hybridized carbons (Fsp3) is 0.611. The van der Waals surface area contributed by atoms with Gasteiger partial charge in [-0.05, 0) is 40.2 Å². The van der Waals surface area contributed by atoms with E-state index in [1.807, 2.05) is 34.6 Å². The molecule has 1 saturated heterocycles. The molecule has 1 aliphatic heterocycles. The molecule has 1 aliphatic rings. The van der Waals surface area contributed by atoms with E-state index in [2.05, 4.69) is 16.5 Å². The Morgan fingerprint density at radius 1 is 1.31 bits per heavy atom. The average Bonchev–Trinajstić information content (AvgIpc) is 2.97. The molecule has 1 aromatic heterocycles. The van der Waals surface area contributed by atoms with Crippen LogP contribution < -0.4 is 4.90 Å². The minimum atomic E-state index is -0.528. The zero-order chi connectivity index (χ0) is 19.6. The Hall–Kier alpha value is -2.09. The van der Waals surface area contributed by atoms with Gasteiger partial charge in [-0.15, -0.1) is 0 Å². The van der Waals surface area contributed by atoms with E-state index in [0.717, 1.165) is 10.6 Å². The number of carbonyl (C=O) groups excluding carboxylic acids is 2. The van der Waals surface area contributed by atoms with Crippen molar-refractivity contribution >= 4 is 34.0 Å². The normalized spacial score (nSPS) is 17.8. The number of nitrogens with zero attached hydrogens (tertiary/aromatic N) is 3. The highest BCUT2D eigenvalue weighted by atomic mass is 32.1. The molecule has 2 rings (SSSR count). The van der Waals surface area contributed by atoms with Crippen LogP contribution in [0.4, 0.5) is 9.80 Å². The van der Waals surface area contributed by atoms with Crippen molar-refractivity contribution in [1.29, 1.82) is 0 Å². The van der Waals surface area contributed by atoms with Crippen LogP contribution in [0.25, 0.3) is 5.57 Å². The van der Waals surface area contributed by atoms with E-state index < -0.39 is 11.6 Å². The second-order valence-electron chi connectivity index (χ2n) is 7.41. The van der Waals surface area contributed by atoms with Crippen LogP contribution in [0.15, 0.2) is 6.58 Å². The summed E-state index contributed by atoms with van der Waals surface area (Å²) in [7, 11) is 1.34. The number of ether oxygens (including phenoxy) is 2. The van der Waals surface area contributed by atoms with Crippen LogP contribution in [-0.4, -0.2) is 60.3 Å². The first-order chi connectivity index (χ1) is 12.0. The number of piperazine rings is 1. The molecule has 1 atom stereocenters. The van der Waals surface area contributed by atoms with Gasteiger partial charge < -0.3 is 19.3 Å². The van der Waals surface area contributed by atoms with Crippen LogP contribution in [0.2, 0.25) is 0 Å².